The van der Waals surface area contributed by atoms with E-state index in [1.54, 1.807) is 14.0 Å². The van der Waals surface area contributed by atoms with Gasteiger partial charge in [-0.1, -0.05) is 29.8 Å². The molecule has 5 heteroatoms. The molecule has 1 amide bonds. The van der Waals surface area contributed by atoms with Gasteiger partial charge in [0.25, 0.3) is 5.91 Å². The van der Waals surface area contributed by atoms with Gasteiger partial charge in [-0.2, -0.15) is 0 Å². The quantitative estimate of drug-likeness (QED) is 0.623. The maximum Gasteiger partial charge on any atom is 0.261 e. The van der Waals surface area contributed by atoms with E-state index in [1.807, 2.05) is 44.2 Å². The van der Waals surface area contributed by atoms with Gasteiger partial charge in [0.15, 0.2) is 6.10 Å². The van der Waals surface area contributed by atoms with Crippen molar-refractivity contribution in [3.63, 3.8) is 0 Å². The maximum absolute atomic E-state index is 12.6. The highest BCUT2D eigenvalue weighted by Gasteiger charge is 2.20. The van der Waals surface area contributed by atoms with Crippen LogP contribution in [0.25, 0.3) is 0 Å². The van der Waals surface area contributed by atoms with Crippen LogP contribution in [0, 0.1) is 6.92 Å². The number of benzene rings is 2. The summed E-state index contributed by atoms with van der Waals surface area (Å²) in [7, 11) is 1.69. The van der Waals surface area contributed by atoms with E-state index in [4.69, 9.17) is 9.47 Å². The summed E-state index contributed by atoms with van der Waals surface area (Å²) in [4.78, 5) is 12.6. The van der Waals surface area contributed by atoms with E-state index in [1.165, 1.54) is 0 Å². The van der Waals surface area contributed by atoms with Gasteiger partial charge in [0.2, 0.25) is 0 Å². The third kappa shape index (κ3) is 5.48. The minimum Gasteiger partial charge on any atom is -0.496 e. The standard InChI is InChI=1S/C22H28BrNO3/c1-13(2)19-12-20(14(3)11-21(19)26-6)15(4)24-22(25)16(5)27-18-9-7-17(23)8-10-18/h7-13,15-16H,1-6H3,(H,24,25)/t15-,16-/m0/s1. The Hall–Kier alpha value is -2.01. The zero-order chi connectivity index (χ0) is 20.1. The molecule has 0 aliphatic heterocycles. The lowest BCUT2D eigenvalue weighted by molar-refractivity contribution is -0.127. The molecule has 2 rings (SSSR count). The number of hydrogen-bond donors (Lipinski definition) is 1. The van der Waals surface area contributed by atoms with Crippen molar-refractivity contribution in [2.75, 3.05) is 7.11 Å². The summed E-state index contributed by atoms with van der Waals surface area (Å²) in [5, 5.41) is 3.06. The van der Waals surface area contributed by atoms with E-state index in [9.17, 15) is 4.79 Å². The highest BCUT2D eigenvalue weighted by atomic mass is 79.9. The lowest BCUT2D eigenvalue weighted by atomic mass is 9.93. The third-order valence-corrected chi connectivity index (χ3v) is 5.09. The van der Waals surface area contributed by atoms with E-state index >= 15 is 0 Å². The fourth-order valence-electron chi connectivity index (χ4n) is 2.99. The summed E-state index contributed by atoms with van der Waals surface area (Å²) in [6.07, 6.45) is -0.586. The topological polar surface area (TPSA) is 47.6 Å². The van der Waals surface area contributed by atoms with E-state index in [-0.39, 0.29) is 11.9 Å². The molecule has 146 valence electrons. The van der Waals surface area contributed by atoms with Crippen LogP contribution in [0.1, 0.15) is 56.3 Å². The number of halogens is 1. The monoisotopic (exact) mass is 433 g/mol. The highest BCUT2D eigenvalue weighted by Crippen LogP contribution is 2.32. The van der Waals surface area contributed by atoms with Gasteiger partial charge in [0.1, 0.15) is 11.5 Å². The van der Waals surface area contributed by atoms with Gasteiger partial charge in [-0.25, -0.2) is 0 Å². The number of hydrogen-bond acceptors (Lipinski definition) is 3. The smallest absolute Gasteiger partial charge is 0.261 e. The Kier molecular flexibility index (Phi) is 7.31. The zero-order valence-electron chi connectivity index (χ0n) is 16.8. The Morgan fingerprint density at radius 3 is 2.22 bits per heavy atom. The molecule has 2 aromatic rings. The number of nitrogens with one attached hydrogen (secondary N) is 1. The van der Waals surface area contributed by atoms with Crippen LogP contribution in [0.15, 0.2) is 40.9 Å². The first kappa shape index (κ1) is 21.3. The summed E-state index contributed by atoms with van der Waals surface area (Å²) in [6, 6.07) is 11.5. The summed E-state index contributed by atoms with van der Waals surface area (Å²) in [5.74, 6) is 1.74. The third-order valence-electron chi connectivity index (χ3n) is 4.56. The molecule has 0 radical (unpaired) electrons. The minimum atomic E-state index is -0.586. The molecule has 0 saturated carbocycles. The second-order valence-corrected chi connectivity index (χ2v) is 7.97. The Morgan fingerprint density at radius 1 is 1.04 bits per heavy atom. The molecule has 0 fully saturated rings. The van der Waals surface area contributed by atoms with Crippen molar-refractivity contribution >= 4 is 21.8 Å². The van der Waals surface area contributed by atoms with Gasteiger partial charge in [0.05, 0.1) is 13.2 Å². The Balaban J connectivity index is 2.11. The van der Waals surface area contributed by atoms with E-state index in [0.29, 0.717) is 11.7 Å². The van der Waals surface area contributed by atoms with Crippen LogP contribution in [-0.4, -0.2) is 19.1 Å². The number of carbonyl (C=O) groups excluding carboxylic acids is 1. The lowest BCUT2D eigenvalue weighted by Gasteiger charge is -2.22. The summed E-state index contributed by atoms with van der Waals surface area (Å²) in [6.45, 7) is 10.0. The van der Waals surface area contributed by atoms with Crippen molar-refractivity contribution in [3.05, 3.63) is 57.6 Å². The lowest BCUT2D eigenvalue weighted by Crippen LogP contribution is -2.38. The second-order valence-electron chi connectivity index (χ2n) is 7.05. The molecule has 0 heterocycles. The molecule has 0 spiro atoms. The average molecular weight is 434 g/mol. The normalized spacial score (nSPS) is 13.2. The first-order chi connectivity index (χ1) is 12.7. The molecule has 0 bridgehead atoms. The molecule has 0 unspecified atom stereocenters. The SMILES string of the molecule is COc1cc(C)c([C@H](C)NC(=O)[C@H](C)Oc2ccc(Br)cc2)cc1C(C)C. The van der Waals surface area contributed by atoms with E-state index < -0.39 is 6.10 Å². The van der Waals surface area contributed by atoms with E-state index in [0.717, 1.165) is 26.9 Å². The Bertz CT molecular complexity index is 787. The molecule has 0 aliphatic rings. The zero-order valence-corrected chi connectivity index (χ0v) is 18.4. The van der Waals surface area contributed by atoms with Crippen molar-refractivity contribution in [3.8, 4) is 11.5 Å². The van der Waals surface area contributed by atoms with Crippen molar-refractivity contribution in [2.45, 2.75) is 52.7 Å². The summed E-state index contributed by atoms with van der Waals surface area (Å²) < 4.78 is 12.2. The van der Waals surface area contributed by atoms with Crippen molar-refractivity contribution in [1.29, 1.82) is 0 Å². The Labute approximate surface area is 170 Å². The van der Waals surface area contributed by atoms with Crippen molar-refractivity contribution in [2.24, 2.45) is 0 Å². The molecular formula is C22H28BrNO3. The molecule has 4 nitrogen and oxygen atoms in total. The van der Waals surface area contributed by atoms with Crippen molar-refractivity contribution in [1.82, 2.24) is 5.32 Å². The van der Waals surface area contributed by atoms with Crippen LogP contribution < -0.4 is 14.8 Å². The van der Waals surface area contributed by atoms with Crippen molar-refractivity contribution < 1.29 is 14.3 Å². The van der Waals surface area contributed by atoms with Crippen LogP contribution in [-0.2, 0) is 4.79 Å². The maximum atomic E-state index is 12.6. The van der Waals surface area contributed by atoms with Crippen LogP contribution in [0.5, 0.6) is 11.5 Å². The average Bonchev–Trinajstić information content (AvgIpc) is 2.62. The summed E-state index contributed by atoms with van der Waals surface area (Å²) in [5.41, 5.74) is 3.31. The molecule has 0 saturated heterocycles. The van der Waals surface area contributed by atoms with Gasteiger partial charge in [0, 0.05) is 4.47 Å². The fourth-order valence-corrected chi connectivity index (χ4v) is 3.25. The highest BCUT2D eigenvalue weighted by molar-refractivity contribution is 9.10. The van der Waals surface area contributed by atoms with Gasteiger partial charge in [-0.05, 0) is 79.8 Å². The van der Waals surface area contributed by atoms with E-state index in [2.05, 4.69) is 41.2 Å². The molecule has 2 atom stereocenters. The first-order valence-electron chi connectivity index (χ1n) is 9.14. The predicted molar refractivity (Wildman–Crippen MR) is 113 cm³/mol. The molecular weight excluding hydrogens is 406 g/mol. The number of amides is 1. The fraction of sp³-hybridized carbons (Fsp3) is 0.409. The molecule has 27 heavy (non-hydrogen) atoms. The number of rotatable bonds is 7. The van der Waals surface area contributed by atoms with Gasteiger partial charge < -0.3 is 14.8 Å². The first-order valence-corrected chi connectivity index (χ1v) is 9.93. The Morgan fingerprint density at radius 2 is 1.67 bits per heavy atom. The minimum absolute atomic E-state index is 0.128. The molecule has 0 aromatic heterocycles. The number of aryl methyl sites for hydroxylation is 1. The van der Waals surface area contributed by atoms with Crippen LogP contribution in [0.3, 0.4) is 0 Å². The summed E-state index contributed by atoms with van der Waals surface area (Å²) >= 11 is 3.39. The molecule has 2 aromatic carbocycles. The van der Waals surface area contributed by atoms with Crippen LogP contribution in [0.4, 0.5) is 0 Å². The molecule has 1 N–H and O–H groups in total. The molecule has 0 aliphatic carbocycles. The number of methoxy groups -OCH3 is 1. The predicted octanol–water partition coefficient (Wildman–Crippen LogP) is 5.53. The second kappa shape index (κ2) is 9.27. The largest absolute Gasteiger partial charge is 0.496 e. The van der Waals surface area contributed by atoms with Crippen LogP contribution in [0.2, 0.25) is 0 Å². The van der Waals surface area contributed by atoms with Gasteiger partial charge in [-0.3, -0.25) is 4.79 Å². The number of ether oxygens (including phenoxy) is 2. The van der Waals surface area contributed by atoms with Crippen LogP contribution >= 0.6 is 15.9 Å². The van der Waals surface area contributed by atoms with Gasteiger partial charge in [-0.15, -0.1) is 0 Å². The number of carbonyl (C=O) groups is 1. The van der Waals surface area contributed by atoms with Gasteiger partial charge >= 0.3 is 0 Å².